The maximum atomic E-state index is 4.43. The molecule has 0 saturated heterocycles. The van der Waals surface area contributed by atoms with Crippen LogP contribution in [0.2, 0.25) is 0 Å². The van der Waals surface area contributed by atoms with E-state index in [0.717, 1.165) is 35.5 Å². The largest absolute Gasteiger partial charge is 0.344 e. The maximum absolute atomic E-state index is 4.43. The van der Waals surface area contributed by atoms with Gasteiger partial charge in [0.2, 0.25) is 0 Å². The normalized spacial score (nSPS) is 10.1. The zero-order valence-corrected chi connectivity index (χ0v) is 8.54. The topological polar surface area (TPSA) is 89.5 Å². The zero-order chi connectivity index (χ0) is 9.26. The highest BCUT2D eigenvalue weighted by Gasteiger charge is 2.06. The quantitative estimate of drug-likeness (QED) is 0.758. The van der Waals surface area contributed by atoms with Crippen LogP contribution in [0.1, 0.15) is 25.4 Å². The summed E-state index contributed by atoms with van der Waals surface area (Å²) in [4.78, 5) is 15.9. The summed E-state index contributed by atoms with van der Waals surface area (Å²) in [5, 5.41) is 0. The van der Waals surface area contributed by atoms with Gasteiger partial charge in [0.25, 0.3) is 0 Å². The van der Waals surface area contributed by atoms with Gasteiger partial charge in [0.15, 0.2) is 5.65 Å². The molecule has 5 heteroatoms. The van der Waals surface area contributed by atoms with Crippen molar-refractivity contribution in [1.29, 1.82) is 0 Å². The van der Waals surface area contributed by atoms with Crippen molar-refractivity contribution >= 4 is 11.2 Å². The van der Waals surface area contributed by atoms with Crippen LogP contribution < -0.4 is 6.15 Å². The molecule has 5 nitrogen and oxygen atoms in total. The van der Waals surface area contributed by atoms with Crippen LogP contribution in [0.5, 0.6) is 0 Å². The number of H-pyrrole nitrogens is 1. The fourth-order valence-corrected chi connectivity index (χ4v) is 1.36. The second kappa shape index (κ2) is 4.15. The van der Waals surface area contributed by atoms with Gasteiger partial charge in [0.1, 0.15) is 11.3 Å². The molecule has 0 aromatic carbocycles. The van der Waals surface area contributed by atoms with E-state index in [4.69, 9.17) is 0 Å². The summed E-state index contributed by atoms with van der Waals surface area (Å²) in [7, 11) is 0. The van der Waals surface area contributed by atoms with Gasteiger partial charge in [0, 0.05) is 6.42 Å². The number of aromatic nitrogens is 4. The average Bonchev–Trinajstić information content (AvgIpc) is 2.63. The molecular weight excluding hydrogens is 178 g/mol. The van der Waals surface area contributed by atoms with E-state index in [1.165, 1.54) is 0 Å². The van der Waals surface area contributed by atoms with Crippen molar-refractivity contribution in [3.8, 4) is 0 Å². The number of hydrogen-bond acceptors (Lipinski definition) is 4. The Morgan fingerprint density at radius 2 is 2.00 bits per heavy atom. The lowest BCUT2D eigenvalue weighted by Crippen LogP contribution is -1.98. The van der Waals surface area contributed by atoms with E-state index in [2.05, 4.69) is 26.9 Å². The SMILES string of the molecule is CCc1nc(CC)c2[nH]cnc2n1.N. The van der Waals surface area contributed by atoms with Gasteiger partial charge >= 0.3 is 0 Å². The van der Waals surface area contributed by atoms with Crippen LogP contribution in [0, 0.1) is 0 Å². The van der Waals surface area contributed by atoms with Gasteiger partial charge in [-0.05, 0) is 6.42 Å². The lowest BCUT2D eigenvalue weighted by Gasteiger charge is -2.00. The first-order valence-electron chi connectivity index (χ1n) is 4.54. The second-order valence-corrected chi connectivity index (χ2v) is 2.89. The maximum Gasteiger partial charge on any atom is 0.181 e. The highest BCUT2D eigenvalue weighted by atomic mass is 15.0. The number of hydrogen-bond donors (Lipinski definition) is 2. The molecule has 76 valence electrons. The predicted octanol–water partition coefficient (Wildman–Crippen LogP) is 1.64. The Morgan fingerprint density at radius 1 is 1.21 bits per heavy atom. The molecule has 0 amide bonds. The van der Waals surface area contributed by atoms with Crippen molar-refractivity contribution in [2.24, 2.45) is 0 Å². The van der Waals surface area contributed by atoms with Gasteiger partial charge in [-0.15, -0.1) is 0 Å². The molecule has 4 N–H and O–H groups in total. The van der Waals surface area contributed by atoms with E-state index in [1.54, 1.807) is 6.33 Å². The molecule has 0 radical (unpaired) electrons. The smallest absolute Gasteiger partial charge is 0.181 e. The fourth-order valence-electron chi connectivity index (χ4n) is 1.36. The molecule has 0 aliphatic carbocycles. The lowest BCUT2D eigenvalue weighted by molar-refractivity contribution is 0.907. The van der Waals surface area contributed by atoms with E-state index in [0.29, 0.717) is 0 Å². The Labute approximate surface area is 82.6 Å². The Kier molecular flexibility index (Phi) is 3.14. The van der Waals surface area contributed by atoms with Gasteiger partial charge in [-0.25, -0.2) is 15.0 Å². The molecule has 2 rings (SSSR count). The highest BCUT2D eigenvalue weighted by molar-refractivity contribution is 5.72. The first-order valence-corrected chi connectivity index (χ1v) is 4.54. The molecule has 0 aliphatic rings. The first-order chi connectivity index (χ1) is 6.35. The summed E-state index contributed by atoms with van der Waals surface area (Å²) in [5.41, 5.74) is 2.81. The number of imidazole rings is 1. The van der Waals surface area contributed by atoms with E-state index in [9.17, 15) is 0 Å². The number of aryl methyl sites for hydroxylation is 2. The third kappa shape index (κ3) is 1.58. The molecule has 0 unspecified atom stereocenters. The molecule has 0 bridgehead atoms. The molecule has 14 heavy (non-hydrogen) atoms. The summed E-state index contributed by atoms with van der Waals surface area (Å²) < 4.78 is 0. The Morgan fingerprint density at radius 3 is 2.64 bits per heavy atom. The summed E-state index contributed by atoms with van der Waals surface area (Å²) in [6, 6.07) is 0. The van der Waals surface area contributed by atoms with Crippen molar-refractivity contribution in [2.45, 2.75) is 26.7 Å². The van der Waals surface area contributed by atoms with Gasteiger partial charge in [0.05, 0.1) is 12.0 Å². The predicted molar refractivity (Wildman–Crippen MR) is 55.5 cm³/mol. The third-order valence-corrected chi connectivity index (χ3v) is 2.06. The van der Waals surface area contributed by atoms with Crippen LogP contribution in [0.15, 0.2) is 6.33 Å². The van der Waals surface area contributed by atoms with Crippen molar-refractivity contribution in [3.05, 3.63) is 17.8 Å². The van der Waals surface area contributed by atoms with Crippen LogP contribution >= 0.6 is 0 Å². The Balaban J connectivity index is 0.000000980. The minimum Gasteiger partial charge on any atom is -0.344 e. The summed E-state index contributed by atoms with van der Waals surface area (Å²) >= 11 is 0. The van der Waals surface area contributed by atoms with Crippen LogP contribution in [0.4, 0.5) is 0 Å². The molecule has 2 heterocycles. The summed E-state index contributed by atoms with van der Waals surface area (Å²) in [6.45, 7) is 4.13. The molecule has 0 atom stereocenters. The number of fused-ring (bicyclic) bond motifs is 1. The van der Waals surface area contributed by atoms with Crippen LogP contribution in [0.3, 0.4) is 0 Å². The van der Waals surface area contributed by atoms with Crippen LogP contribution in [-0.4, -0.2) is 19.9 Å². The van der Waals surface area contributed by atoms with Crippen LogP contribution in [0.25, 0.3) is 11.2 Å². The average molecular weight is 193 g/mol. The van der Waals surface area contributed by atoms with Crippen molar-refractivity contribution in [3.63, 3.8) is 0 Å². The monoisotopic (exact) mass is 193 g/mol. The lowest BCUT2D eigenvalue weighted by atomic mass is 10.3. The molecule has 0 spiro atoms. The van der Waals surface area contributed by atoms with Gasteiger partial charge in [-0.3, -0.25) is 0 Å². The van der Waals surface area contributed by atoms with E-state index >= 15 is 0 Å². The second-order valence-electron chi connectivity index (χ2n) is 2.89. The van der Waals surface area contributed by atoms with Gasteiger partial charge < -0.3 is 11.1 Å². The molecule has 2 aromatic rings. The van der Waals surface area contributed by atoms with Gasteiger partial charge in [-0.1, -0.05) is 13.8 Å². The highest BCUT2D eigenvalue weighted by Crippen LogP contribution is 2.11. The number of nitrogens with one attached hydrogen (secondary N) is 1. The van der Waals surface area contributed by atoms with E-state index in [1.807, 2.05) is 6.92 Å². The molecular formula is C9H15N5. The molecule has 0 fully saturated rings. The van der Waals surface area contributed by atoms with Crippen LogP contribution in [-0.2, 0) is 12.8 Å². The number of nitrogens with zero attached hydrogens (tertiary/aromatic N) is 3. The number of aromatic amines is 1. The minimum atomic E-state index is 0. The van der Waals surface area contributed by atoms with E-state index < -0.39 is 0 Å². The van der Waals surface area contributed by atoms with Crippen molar-refractivity contribution < 1.29 is 0 Å². The van der Waals surface area contributed by atoms with Gasteiger partial charge in [-0.2, -0.15) is 0 Å². The third-order valence-electron chi connectivity index (χ3n) is 2.06. The number of rotatable bonds is 2. The summed E-state index contributed by atoms with van der Waals surface area (Å²) in [6.07, 6.45) is 3.43. The minimum absolute atomic E-state index is 0. The van der Waals surface area contributed by atoms with Crippen molar-refractivity contribution in [1.82, 2.24) is 26.1 Å². The Bertz CT molecular complexity index is 420. The molecule has 2 aromatic heterocycles. The fraction of sp³-hybridized carbons (Fsp3) is 0.444. The zero-order valence-electron chi connectivity index (χ0n) is 8.54. The van der Waals surface area contributed by atoms with E-state index in [-0.39, 0.29) is 6.15 Å². The molecule has 0 saturated carbocycles. The Hall–Kier alpha value is -1.49. The molecule has 0 aliphatic heterocycles. The first kappa shape index (κ1) is 10.6. The standard InChI is InChI=1S/C9H12N4.H3N/c1-3-6-8-9(11-5-10-8)13-7(4-2)12-6;/h5H,3-4H2,1-2H3,(H,10,11,12,13);1H3. The van der Waals surface area contributed by atoms with Crippen molar-refractivity contribution in [2.75, 3.05) is 0 Å². The summed E-state index contributed by atoms with van der Waals surface area (Å²) in [5.74, 6) is 0.872.